The van der Waals surface area contributed by atoms with Gasteiger partial charge in [-0.1, -0.05) is 29.8 Å². The summed E-state index contributed by atoms with van der Waals surface area (Å²) in [5.74, 6) is -0.841. The maximum Gasteiger partial charge on any atom is 0.270 e. The van der Waals surface area contributed by atoms with Crippen LogP contribution in [0.1, 0.15) is 16.7 Å². The van der Waals surface area contributed by atoms with Crippen molar-refractivity contribution in [1.82, 2.24) is 4.72 Å². The number of nitrogens with zero attached hydrogens (tertiary/aromatic N) is 1. The van der Waals surface area contributed by atoms with Gasteiger partial charge in [0, 0.05) is 18.2 Å². The van der Waals surface area contributed by atoms with Gasteiger partial charge in [-0.25, -0.2) is 13.1 Å². The maximum absolute atomic E-state index is 12.3. The summed E-state index contributed by atoms with van der Waals surface area (Å²) in [4.78, 5) is 22.1. The van der Waals surface area contributed by atoms with E-state index in [1.807, 2.05) is 11.6 Å². The molecule has 0 radical (unpaired) electrons. The third kappa shape index (κ3) is 4.74. The molecule has 0 saturated carbocycles. The number of hydrogen-bond acceptors (Lipinski definition) is 5. The first-order valence-corrected chi connectivity index (χ1v) is 8.74. The van der Waals surface area contributed by atoms with E-state index in [1.54, 1.807) is 25.1 Å². The van der Waals surface area contributed by atoms with Crippen molar-refractivity contribution in [1.29, 1.82) is 0 Å². The van der Waals surface area contributed by atoms with E-state index in [-0.39, 0.29) is 10.6 Å². The lowest BCUT2D eigenvalue weighted by Crippen LogP contribution is -2.29. The fraction of sp³-hybridized carbons (Fsp3) is 0.118. The number of aryl methyl sites for hydroxylation is 2. The molecule has 25 heavy (non-hydrogen) atoms. The molecule has 1 N–H and O–H groups in total. The molecule has 2 aromatic carbocycles. The smallest absolute Gasteiger partial charge is 0.269 e. The highest BCUT2D eigenvalue weighted by Crippen LogP contribution is 2.17. The number of non-ortho nitro benzene ring substituents is 1. The van der Waals surface area contributed by atoms with Gasteiger partial charge < -0.3 is 0 Å². The van der Waals surface area contributed by atoms with Crippen LogP contribution in [0.2, 0.25) is 0 Å². The Bertz CT molecular complexity index is 965. The van der Waals surface area contributed by atoms with E-state index in [0.717, 1.165) is 11.6 Å². The molecule has 0 aromatic heterocycles. The van der Waals surface area contributed by atoms with Crippen molar-refractivity contribution in [3.8, 4) is 0 Å². The molecule has 8 heteroatoms. The molecule has 7 nitrogen and oxygen atoms in total. The number of nitro benzene ring substituents is 1. The van der Waals surface area contributed by atoms with Gasteiger partial charge in [0.05, 0.1) is 9.82 Å². The minimum absolute atomic E-state index is 0.0233. The number of amides is 1. The average Bonchev–Trinajstić information content (AvgIpc) is 2.52. The van der Waals surface area contributed by atoms with Crippen LogP contribution in [0.5, 0.6) is 0 Å². The number of nitrogens with one attached hydrogen (secondary N) is 1. The second kappa shape index (κ2) is 7.27. The fourth-order valence-corrected chi connectivity index (χ4v) is 3.41. The molecule has 0 bridgehead atoms. The highest BCUT2D eigenvalue weighted by atomic mass is 32.2. The van der Waals surface area contributed by atoms with E-state index >= 15 is 0 Å². The Kier molecular flexibility index (Phi) is 5.33. The van der Waals surface area contributed by atoms with E-state index in [1.165, 1.54) is 30.3 Å². The van der Waals surface area contributed by atoms with Gasteiger partial charge in [-0.3, -0.25) is 14.9 Å². The minimum Gasteiger partial charge on any atom is -0.269 e. The highest BCUT2D eigenvalue weighted by Gasteiger charge is 2.18. The van der Waals surface area contributed by atoms with Crippen LogP contribution >= 0.6 is 0 Å². The summed E-state index contributed by atoms with van der Waals surface area (Å²) in [7, 11) is -3.99. The number of hydrogen-bond donors (Lipinski definition) is 1. The van der Waals surface area contributed by atoms with Crippen LogP contribution in [0, 0.1) is 24.0 Å². The van der Waals surface area contributed by atoms with Crippen LogP contribution in [-0.4, -0.2) is 19.2 Å². The lowest BCUT2D eigenvalue weighted by Gasteiger charge is -2.08. The summed E-state index contributed by atoms with van der Waals surface area (Å²) < 4.78 is 26.5. The minimum atomic E-state index is -3.99. The Balaban J connectivity index is 2.16. The second-order valence-corrected chi connectivity index (χ2v) is 7.07. The average molecular weight is 360 g/mol. The summed E-state index contributed by atoms with van der Waals surface area (Å²) >= 11 is 0. The van der Waals surface area contributed by atoms with E-state index in [2.05, 4.69) is 0 Å². The Hall–Kier alpha value is -3.00. The molecular weight excluding hydrogens is 344 g/mol. The number of nitro groups is 1. The monoisotopic (exact) mass is 360 g/mol. The molecule has 2 rings (SSSR count). The zero-order valence-corrected chi connectivity index (χ0v) is 14.4. The van der Waals surface area contributed by atoms with Crippen molar-refractivity contribution >= 4 is 27.7 Å². The predicted molar refractivity (Wildman–Crippen MR) is 93.4 cm³/mol. The third-order valence-corrected chi connectivity index (χ3v) is 4.87. The first kappa shape index (κ1) is 18.3. The summed E-state index contributed by atoms with van der Waals surface area (Å²) in [6.07, 6.45) is 2.32. The first-order chi connectivity index (χ1) is 11.7. The molecule has 0 heterocycles. The zero-order chi connectivity index (χ0) is 18.6. The molecule has 0 unspecified atom stereocenters. The van der Waals surface area contributed by atoms with Crippen LogP contribution in [0.15, 0.2) is 53.4 Å². The predicted octanol–water partition coefficient (Wildman–Crippen LogP) is 2.73. The van der Waals surface area contributed by atoms with Gasteiger partial charge in [0.2, 0.25) is 0 Å². The molecule has 0 saturated heterocycles. The molecule has 1 amide bonds. The van der Waals surface area contributed by atoms with Crippen LogP contribution in [0.3, 0.4) is 0 Å². The third-order valence-electron chi connectivity index (χ3n) is 3.36. The highest BCUT2D eigenvalue weighted by molar-refractivity contribution is 7.90. The summed E-state index contributed by atoms with van der Waals surface area (Å²) in [6, 6.07) is 10.4. The van der Waals surface area contributed by atoms with Crippen molar-refractivity contribution in [3.05, 3.63) is 75.3 Å². The van der Waals surface area contributed by atoms with Crippen LogP contribution < -0.4 is 4.72 Å². The number of sulfonamides is 1. The SMILES string of the molecule is Cc1ccc(S(=O)(=O)NC(=O)/C=C/c2cccc([N+](=O)[O-])c2)c(C)c1. The van der Waals surface area contributed by atoms with Crippen molar-refractivity contribution in [2.75, 3.05) is 0 Å². The van der Waals surface area contributed by atoms with Crippen LogP contribution in [-0.2, 0) is 14.8 Å². The number of carbonyl (C=O) groups is 1. The summed E-state index contributed by atoms with van der Waals surface area (Å²) in [5.41, 5.74) is 1.73. The molecule has 0 spiro atoms. The molecule has 130 valence electrons. The second-order valence-electron chi connectivity index (χ2n) is 5.42. The first-order valence-electron chi connectivity index (χ1n) is 7.25. The van der Waals surface area contributed by atoms with Crippen molar-refractivity contribution < 1.29 is 18.1 Å². The van der Waals surface area contributed by atoms with Crippen molar-refractivity contribution in [2.45, 2.75) is 18.7 Å². The van der Waals surface area contributed by atoms with Gasteiger partial charge in [-0.05, 0) is 37.1 Å². The van der Waals surface area contributed by atoms with Crippen LogP contribution in [0.4, 0.5) is 5.69 Å². The Morgan fingerprint density at radius 3 is 2.52 bits per heavy atom. The fourth-order valence-electron chi connectivity index (χ4n) is 2.24. The standard InChI is InChI=1S/C17H16N2O5S/c1-12-6-8-16(13(2)10-12)25(23,24)18-17(20)9-7-14-4-3-5-15(11-14)19(21)22/h3-11H,1-2H3,(H,18,20)/b9-7+. The molecule has 0 fully saturated rings. The Labute approximate surface area is 145 Å². The topological polar surface area (TPSA) is 106 Å². The van der Waals surface area contributed by atoms with E-state index in [9.17, 15) is 23.3 Å². The van der Waals surface area contributed by atoms with Gasteiger partial charge in [0.25, 0.3) is 21.6 Å². The van der Waals surface area contributed by atoms with Gasteiger partial charge >= 0.3 is 0 Å². The van der Waals surface area contributed by atoms with Gasteiger partial charge in [0.15, 0.2) is 0 Å². The van der Waals surface area contributed by atoms with Crippen LogP contribution in [0.25, 0.3) is 6.08 Å². The number of benzene rings is 2. The molecule has 0 aliphatic rings. The lowest BCUT2D eigenvalue weighted by atomic mass is 10.2. The Morgan fingerprint density at radius 1 is 1.16 bits per heavy atom. The molecule has 0 aliphatic heterocycles. The molecule has 2 aromatic rings. The zero-order valence-electron chi connectivity index (χ0n) is 13.6. The molecular formula is C17H16N2O5S. The Morgan fingerprint density at radius 2 is 1.88 bits per heavy atom. The lowest BCUT2D eigenvalue weighted by molar-refractivity contribution is -0.384. The largest absolute Gasteiger partial charge is 0.270 e. The van der Waals surface area contributed by atoms with E-state index in [0.29, 0.717) is 11.1 Å². The van der Waals surface area contributed by atoms with Crippen molar-refractivity contribution in [3.63, 3.8) is 0 Å². The quantitative estimate of drug-likeness (QED) is 0.501. The van der Waals surface area contributed by atoms with Gasteiger partial charge in [-0.2, -0.15) is 0 Å². The number of carbonyl (C=O) groups excluding carboxylic acids is 1. The maximum atomic E-state index is 12.3. The van der Waals surface area contributed by atoms with Gasteiger partial charge in [0.1, 0.15) is 0 Å². The molecule has 0 atom stereocenters. The van der Waals surface area contributed by atoms with E-state index in [4.69, 9.17) is 0 Å². The van der Waals surface area contributed by atoms with Crippen molar-refractivity contribution in [2.24, 2.45) is 0 Å². The van der Waals surface area contributed by atoms with Gasteiger partial charge in [-0.15, -0.1) is 0 Å². The summed E-state index contributed by atoms with van der Waals surface area (Å²) in [5, 5.41) is 10.7. The van der Waals surface area contributed by atoms with E-state index < -0.39 is 20.9 Å². The molecule has 0 aliphatic carbocycles. The summed E-state index contributed by atoms with van der Waals surface area (Å²) in [6.45, 7) is 3.48. The normalized spacial score (nSPS) is 11.4. The number of rotatable bonds is 5.